The molecule has 0 rings (SSSR count). The summed E-state index contributed by atoms with van der Waals surface area (Å²) in [4.78, 5) is 0. The van der Waals surface area contributed by atoms with E-state index in [4.69, 9.17) is 26.4 Å². The first-order chi connectivity index (χ1) is 5.20. The minimum atomic E-state index is -4.34. The summed E-state index contributed by atoms with van der Waals surface area (Å²) < 4.78 is 77.6. The quantitative estimate of drug-likeness (QED) is 0.217. The molecule has 0 aromatic heterocycles. The molecule has 0 aliphatic heterocycles. The number of hydrogen-bond donors (Lipinski definition) is 0. The average Bonchev–Trinajstić information content (AvgIpc) is 1.54. The molecule has 72 valence electrons. The van der Waals surface area contributed by atoms with Crippen LogP contribution in [0.15, 0.2) is 0 Å². The van der Waals surface area contributed by atoms with Gasteiger partial charge in [-0.05, 0) is 0 Å². The molecule has 0 saturated carbocycles. The van der Waals surface area contributed by atoms with Crippen LogP contribution in [0, 0.1) is 0 Å². The Hall–Kier alpha value is 1.86. The second-order valence-electron chi connectivity index (χ2n) is 0.671. The molecule has 0 atom stereocenters. The maximum absolute atomic E-state index is 8.62. The van der Waals surface area contributed by atoms with Crippen molar-refractivity contribution < 1.29 is 26.4 Å². The van der Waals surface area contributed by atoms with E-state index in [0.717, 1.165) is 0 Å². The van der Waals surface area contributed by atoms with Gasteiger partial charge in [-0.2, -0.15) is 0 Å². The molecule has 0 heterocycles. The molecule has 0 aliphatic rings. The number of hydrogen-bond acceptors (Lipinski definition) is 9. The van der Waals surface area contributed by atoms with Gasteiger partial charge < -0.3 is 0 Å². The van der Waals surface area contributed by atoms with Crippen LogP contribution < -0.4 is 9.55 Å². The van der Waals surface area contributed by atoms with E-state index in [9.17, 15) is 0 Å². The topological polar surface area (TPSA) is 172 Å². The van der Waals surface area contributed by atoms with Crippen molar-refractivity contribution in [1.29, 1.82) is 0 Å². The van der Waals surface area contributed by atoms with E-state index in [1.165, 1.54) is 0 Å². The summed E-state index contributed by atoms with van der Waals surface area (Å²) in [6, 6.07) is 0. The minimum absolute atomic E-state index is 0. The van der Waals surface area contributed by atoms with Crippen LogP contribution in [0.25, 0.3) is 0 Å². The van der Waals surface area contributed by atoms with Crippen LogP contribution in [0.3, 0.4) is 0 Å². The fourth-order valence-corrected chi connectivity index (χ4v) is 0. The van der Waals surface area contributed by atoms with Crippen molar-refractivity contribution >= 4 is 84.0 Å². The summed E-state index contributed by atoms with van der Waals surface area (Å²) in [6.07, 6.45) is 0. The van der Waals surface area contributed by atoms with E-state index in [-0.39, 0.29) is 17.4 Å². The monoisotopic (exact) mass is 798 g/mol. The maximum atomic E-state index is 8.62. The molecule has 0 aromatic rings. The second kappa shape index (κ2) is 19.4. The normalized spacial score (nSPS) is 5.77. The second-order valence-corrected chi connectivity index (χ2v) is 5.89. The zero-order chi connectivity index (χ0) is 10.7. The van der Waals surface area contributed by atoms with Gasteiger partial charge in [-0.25, -0.2) is 0 Å². The molecule has 0 radical (unpaired) electrons. The van der Waals surface area contributed by atoms with Gasteiger partial charge in [0.2, 0.25) is 0 Å². The molecule has 0 spiro atoms. The Morgan fingerprint density at radius 3 is 0.538 bits per heavy atom. The predicted octanol–water partition coefficient (Wildman–Crippen LogP) is -5.80. The molecule has 0 saturated heterocycles. The van der Waals surface area contributed by atoms with E-state index >= 15 is 0 Å². The van der Waals surface area contributed by atoms with Crippen molar-refractivity contribution in [2.75, 3.05) is 0 Å². The zero-order valence-corrected chi connectivity index (χ0v) is 17.2. The average molecular weight is 798 g/mol. The van der Waals surface area contributed by atoms with Crippen molar-refractivity contribution in [2.45, 2.75) is 0 Å². The third-order valence-electron chi connectivity index (χ3n) is 0. The molecular weight excluding hydrogens is 798 g/mol. The van der Waals surface area contributed by atoms with Crippen molar-refractivity contribution in [1.82, 2.24) is 0 Å². The Balaban J connectivity index is -0.0000000450. The summed E-state index contributed by atoms with van der Waals surface area (Å²) in [5, 5.41) is 0. The molecule has 13 heavy (non-hydrogen) atoms. The van der Waals surface area contributed by atoms with E-state index in [2.05, 4.69) is 0 Å². The third kappa shape index (κ3) is 563. The molecule has 0 amide bonds. The molecule has 13 heteroatoms. The van der Waals surface area contributed by atoms with Crippen LogP contribution in [0.4, 0.5) is 0 Å². The van der Waals surface area contributed by atoms with Crippen molar-refractivity contribution in [3.8, 4) is 0 Å². The third-order valence-corrected chi connectivity index (χ3v) is 0. The van der Waals surface area contributed by atoms with Gasteiger partial charge in [-0.3, -0.25) is 0 Å². The molecule has 0 unspecified atom stereocenters. The van der Waals surface area contributed by atoms with E-state index < -0.39 is 66.6 Å². The molecule has 0 bridgehead atoms. The van der Waals surface area contributed by atoms with Crippen LogP contribution in [-0.4, -0.2) is 84.0 Å². The first-order valence-electron chi connectivity index (χ1n) is 1.64. The molecule has 0 N–H and O–H groups in total. The van der Waals surface area contributed by atoms with Crippen LogP contribution in [0.5, 0.6) is 0 Å². The Morgan fingerprint density at radius 1 is 0.538 bits per heavy atom. The van der Waals surface area contributed by atoms with Gasteiger partial charge in [-0.15, -0.1) is 0 Å². The number of rotatable bonds is 0. The first kappa shape index (κ1) is 24.2. The van der Waals surface area contributed by atoms with Crippen LogP contribution in [-0.2, 0) is 16.9 Å². The van der Waals surface area contributed by atoms with Gasteiger partial charge in [0.25, 0.3) is 0 Å². The van der Waals surface area contributed by atoms with Crippen LogP contribution in [0.2, 0.25) is 0 Å². The van der Waals surface area contributed by atoms with Gasteiger partial charge in [0.1, 0.15) is 0 Å². The van der Waals surface area contributed by atoms with Gasteiger partial charge in [0.05, 0.1) is 0 Å². The van der Waals surface area contributed by atoms with Crippen LogP contribution >= 0.6 is 0 Å². The van der Waals surface area contributed by atoms with Crippen molar-refractivity contribution in [3.63, 3.8) is 0 Å². The first-order valence-corrected chi connectivity index (χ1v) is 14.4. The standard InChI is InChI=1S/Al.3Bi.9O/q+3;;;;;;;;;;3*-1. The van der Waals surface area contributed by atoms with Gasteiger partial charge in [0, 0.05) is 0 Å². The van der Waals surface area contributed by atoms with Gasteiger partial charge in [0.15, 0.2) is 0 Å². The SMILES string of the molecule is [Al+3].[O]=[Bi](=[O])[O-].[O]=[Bi](=[O])[O-].[O]=[Bi](=[O])[O-]. The van der Waals surface area contributed by atoms with Crippen LogP contribution in [0.1, 0.15) is 0 Å². The Morgan fingerprint density at radius 2 is 0.538 bits per heavy atom. The summed E-state index contributed by atoms with van der Waals surface area (Å²) in [6.45, 7) is 0. The molecule has 9 nitrogen and oxygen atoms in total. The van der Waals surface area contributed by atoms with Gasteiger partial charge in [-0.1, -0.05) is 0 Å². The molecule has 0 aliphatic carbocycles. The summed E-state index contributed by atoms with van der Waals surface area (Å²) in [5.74, 6) is 0. The molecular formula is AlBi3O9. The van der Waals surface area contributed by atoms with Crippen molar-refractivity contribution in [3.05, 3.63) is 0 Å². The summed E-state index contributed by atoms with van der Waals surface area (Å²) >= 11 is -13.0. The zero-order valence-electron chi connectivity index (χ0n) is 5.59. The van der Waals surface area contributed by atoms with Gasteiger partial charge >= 0.3 is 110 Å². The molecule has 0 aromatic carbocycles. The van der Waals surface area contributed by atoms with E-state index in [1.807, 2.05) is 0 Å². The van der Waals surface area contributed by atoms with E-state index in [0.29, 0.717) is 0 Å². The predicted molar refractivity (Wildman–Crippen MR) is 27.1 cm³/mol. The Bertz CT molecular complexity index is 208. The Labute approximate surface area is 108 Å². The molecule has 0 fully saturated rings. The summed E-state index contributed by atoms with van der Waals surface area (Å²) in [7, 11) is 0. The fourth-order valence-electron chi connectivity index (χ4n) is 0. The Kier molecular flexibility index (Phi) is 36.2. The van der Waals surface area contributed by atoms with Crippen molar-refractivity contribution in [2.24, 2.45) is 0 Å². The fraction of sp³-hybridized carbons (Fsp3) is 0. The summed E-state index contributed by atoms with van der Waals surface area (Å²) in [5.41, 5.74) is 0. The van der Waals surface area contributed by atoms with E-state index in [1.54, 1.807) is 0 Å².